The van der Waals surface area contributed by atoms with Crippen LogP contribution < -0.4 is 15.8 Å². The molecular formula is C18H13NO. The summed E-state index contributed by atoms with van der Waals surface area (Å²) in [6.45, 7) is 0. The first-order chi connectivity index (χ1) is 9.86. The maximum Gasteiger partial charge on any atom is 0.187 e. The second kappa shape index (κ2) is 4.20. The Hall–Kier alpha value is -2.61. The van der Waals surface area contributed by atoms with E-state index in [0.717, 1.165) is 39.3 Å². The molecule has 0 fully saturated rings. The van der Waals surface area contributed by atoms with Gasteiger partial charge in [-0.1, -0.05) is 48.6 Å². The van der Waals surface area contributed by atoms with Crippen LogP contribution in [0.25, 0.3) is 11.1 Å². The van der Waals surface area contributed by atoms with E-state index in [1.54, 1.807) is 6.08 Å². The molecular weight excluding hydrogens is 246 g/mol. The lowest BCUT2D eigenvalue weighted by Crippen LogP contribution is -2.26. The molecule has 0 amide bonds. The third-order valence-corrected chi connectivity index (χ3v) is 3.85. The van der Waals surface area contributed by atoms with Crippen molar-refractivity contribution < 1.29 is 4.79 Å². The van der Waals surface area contributed by atoms with Crippen LogP contribution in [0.15, 0.2) is 72.1 Å². The second-order valence-electron chi connectivity index (χ2n) is 5.00. The van der Waals surface area contributed by atoms with Crippen molar-refractivity contribution in [3.63, 3.8) is 0 Å². The van der Waals surface area contributed by atoms with Crippen LogP contribution in [0.3, 0.4) is 0 Å². The highest BCUT2D eigenvalue weighted by molar-refractivity contribution is 6.31. The van der Waals surface area contributed by atoms with Crippen LogP contribution in [0.4, 0.5) is 0 Å². The summed E-state index contributed by atoms with van der Waals surface area (Å²) in [5, 5.41) is 5.48. The lowest BCUT2D eigenvalue weighted by atomic mass is 9.92. The minimum absolute atomic E-state index is 0.0944. The summed E-state index contributed by atoms with van der Waals surface area (Å²) in [6, 6.07) is 8.13. The van der Waals surface area contributed by atoms with Crippen LogP contribution in [0.2, 0.25) is 0 Å². The normalized spacial score (nSPS) is 19.3. The number of carbonyl (C=O) groups excluding carboxylic acids is 1. The number of ketones is 1. The number of dihydropyridines is 1. The number of hydrogen-bond donors (Lipinski definition) is 1. The van der Waals surface area contributed by atoms with Gasteiger partial charge in [0.25, 0.3) is 0 Å². The Morgan fingerprint density at radius 1 is 1.05 bits per heavy atom. The predicted octanol–water partition coefficient (Wildman–Crippen LogP) is 1.46. The Labute approximate surface area is 116 Å². The largest absolute Gasteiger partial charge is 0.362 e. The van der Waals surface area contributed by atoms with Gasteiger partial charge in [-0.3, -0.25) is 4.79 Å². The Bertz CT molecular complexity index is 863. The minimum atomic E-state index is 0.0944. The van der Waals surface area contributed by atoms with Gasteiger partial charge < -0.3 is 5.32 Å². The molecule has 96 valence electrons. The molecule has 0 aromatic heterocycles. The molecule has 20 heavy (non-hydrogen) atoms. The van der Waals surface area contributed by atoms with Crippen LogP contribution in [0, 0.1) is 0 Å². The minimum Gasteiger partial charge on any atom is -0.362 e. The van der Waals surface area contributed by atoms with E-state index >= 15 is 0 Å². The maximum absolute atomic E-state index is 12.2. The molecule has 0 atom stereocenters. The van der Waals surface area contributed by atoms with E-state index in [4.69, 9.17) is 0 Å². The first kappa shape index (κ1) is 11.2. The van der Waals surface area contributed by atoms with Gasteiger partial charge in [-0.15, -0.1) is 0 Å². The molecule has 0 radical (unpaired) electrons. The smallest absolute Gasteiger partial charge is 0.187 e. The molecule has 2 heteroatoms. The molecule has 2 aliphatic carbocycles. The van der Waals surface area contributed by atoms with Crippen molar-refractivity contribution in [2.24, 2.45) is 0 Å². The third kappa shape index (κ3) is 1.48. The zero-order chi connectivity index (χ0) is 13.5. The fourth-order valence-electron chi connectivity index (χ4n) is 3.01. The SMILES string of the molecule is O=C1C=CC=C2C1=c1ccccc1=C2C1=CCC=CN1. The molecule has 1 aromatic carbocycles. The molecule has 0 bridgehead atoms. The number of benzene rings is 1. The quantitative estimate of drug-likeness (QED) is 0.827. The molecule has 0 saturated carbocycles. The fraction of sp³-hybridized carbons (Fsp3) is 0.0556. The molecule has 1 N–H and O–H groups in total. The van der Waals surface area contributed by atoms with E-state index in [1.807, 2.05) is 36.6 Å². The number of hydrogen-bond acceptors (Lipinski definition) is 2. The summed E-state index contributed by atoms with van der Waals surface area (Å²) in [5.74, 6) is 0.0944. The van der Waals surface area contributed by atoms with Crippen molar-refractivity contribution in [3.8, 4) is 0 Å². The predicted molar refractivity (Wildman–Crippen MR) is 79.7 cm³/mol. The van der Waals surface area contributed by atoms with Crippen LogP contribution in [0.1, 0.15) is 6.42 Å². The number of carbonyl (C=O) groups is 1. The highest BCUT2D eigenvalue weighted by atomic mass is 16.1. The van der Waals surface area contributed by atoms with Crippen molar-refractivity contribution >= 4 is 16.9 Å². The van der Waals surface area contributed by atoms with Gasteiger partial charge in [-0.25, -0.2) is 0 Å². The van der Waals surface area contributed by atoms with Gasteiger partial charge in [-0.2, -0.15) is 0 Å². The van der Waals surface area contributed by atoms with Crippen molar-refractivity contribution in [1.82, 2.24) is 5.32 Å². The molecule has 0 saturated heterocycles. The van der Waals surface area contributed by atoms with Gasteiger partial charge in [0.15, 0.2) is 5.78 Å². The molecule has 0 unspecified atom stereocenters. The Morgan fingerprint density at radius 3 is 2.60 bits per heavy atom. The van der Waals surface area contributed by atoms with Crippen molar-refractivity contribution in [3.05, 3.63) is 82.6 Å². The lowest BCUT2D eigenvalue weighted by molar-refractivity contribution is -0.109. The average molecular weight is 259 g/mol. The third-order valence-electron chi connectivity index (χ3n) is 3.85. The summed E-state index contributed by atoms with van der Waals surface area (Å²) in [7, 11) is 0. The van der Waals surface area contributed by atoms with E-state index in [9.17, 15) is 4.79 Å². The molecule has 1 aromatic rings. The molecule has 1 aliphatic heterocycles. The van der Waals surface area contributed by atoms with Gasteiger partial charge in [-0.05, 0) is 34.7 Å². The first-order valence-electron chi connectivity index (χ1n) is 6.75. The summed E-state index contributed by atoms with van der Waals surface area (Å²) < 4.78 is 0. The van der Waals surface area contributed by atoms with E-state index < -0.39 is 0 Å². The van der Waals surface area contributed by atoms with E-state index in [-0.39, 0.29) is 5.78 Å². The number of allylic oxidation sites excluding steroid dienone is 6. The zero-order valence-corrected chi connectivity index (χ0v) is 10.9. The standard InChI is InChI=1S/C18H13NO/c20-16-10-5-8-14-17(15-9-3-4-11-19-15)12-6-1-2-7-13(12)18(14)16/h1-2,4-11,19H,3H2. The van der Waals surface area contributed by atoms with Crippen molar-refractivity contribution in [2.75, 3.05) is 0 Å². The zero-order valence-electron chi connectivity index (χ0n) is 10.9. The Morgan fingerprint density at radius 2 is 1.85 bits per heavy atom. The van der Waals surface area contributed by atoms with Gasteiger partial charge >= 0.3 is 0 Å². The monoisotopic (exact) mass is 259 g/mol. The Kier molecular flexibility index (Phi) is 2.36. The van der Waals surface area contributed by atoms with E-state index in [1.165, 1.54) is 0 Å². The maximum atomic E-state index is 12.2. The molecule has 1 heterocycles. The van der Waals surface area contributed by atoms with Gasteiger partial charge in [0, 0.05) is 16.8 Å². The van der Waals surface area contributed by atoms with E-state index in [0.29, 0.717) is 0 Å². The summed E-state index contributed by atoms with van der Waals surface area (Å²) >= 11 is 0. The van der Waals surface area contributed by atoms with Crippen molar-refractivity contribution in [1.29, 1.82) is 0 Å². The summed E-state index contributed by atoms with van der Waals surface area (Å²) in [4.78, 5) is 12.2. The Balaban J connectivity index is 2.09. The highest BCUT2D eigenvalue weighted by Crippen LogP contribution is 2.31. The van der Waals surface area contributed by atoms with Crippen LogP contribution in [-0.4, -0.2) is 5.78 Å². The van der Waals surface area contributed by atoms with Crippen LogP contribution in [0.5, 0.6) is 0 Å². The lowest BCUT2D eigenvalue weighted by Gasteiger charge is -2.16. The molecule has 4 rings (SSSR count). The molecule has 0 spiro atoms. The second-order valence-corrected chi connectivity index (χ2v) is 5.00. The number of nitrogens with one attached hydrogen (secondary N) is 1. The average Bonchev–Trinajstić information content (AvgIpc) is 2.84. The van der Waals surface area contributed by atoms with Gasteiger partial charge in [0.2, 0.25) is 0 Å². The summed E-state index contributed by atoms with van der Waals surface area (Å²) in [6.07, 6.45) is 12.6. The summed E-state index contributed by atoms with van der Waals surface area (Å²) in [5.41, 5.74) is 4.09. The topological polar surface area (TPSA) is 29.1 Å². The number of rotatable bonds is 1. The molecule has 2 nitrogen and oxygen atoms in total. The van der Waals surface area contributed by atoms with Crippen molar-refractivity contribution in [2.45, 2.75) is 6.42 Å². The van der Waals surface area contributed by atoms with Crippen LogP contribution in [-0.2, 0) is 4.79 Å². The van der Waals surface area contributed by atoms with E-state index in [2.05, 4.69) is 23.5 Å². The fourth-order valence-corrected chi connectivity index (χ4v) is 3.01. The highest BCUT2D eigenvalue weighted by Gasteiger charge is 2.27. The number of fused-ring (bicyclic) bond motifs is 2. The van der Waals surface area contributed by atoms with Gasteiger partial charge in [0.1, 0.15) is 0 Å². The first-order valence-corrected chi connectivity index (χ1v) is 6.75. The van der Waals surface area contributed by atoms with Gasteiger partial charge in [0.05, 0.1) is 0 Å². The molecule has 3 aliphatic rings. The van der Waals surface area contributed by atoms with Crippen LogP contribution >= 0.6 is 0 Å².